The summed E-state index contributed by atoms with van der Waals surface area (Å²) in [6.45, 7) is 6.13. The van der Waals surface area contributed by atoms with Gasteiger partial charge in [0.25, 0.3) is 5.91 Å². The van der Waals surface area contributed by atoms with Gasteiger partial charge in [0, 0.05) is 29.1 Å². The van der Waals surface area contributed by atoms with Crippen LogP contribution in [-0.2, 0) is 5.41 Å². The van der Waals surface area contributed by atoms with Crippen molar-refractivity contribution in [1.29, 1.82) is 0 Å². The second-order valence-electron chi connectivity index (χ2n) is 5.40. The molecule has 0 bridgehead atoms. The number of nitrogens with one attached hydrogen (secondary N) is 2. The Morgan fingerprint density at radius 1 is 1.45 bits per heavy atom. The Balaban J connectivity index is 1.99. The van der Waals surface area contributed by atoms with Crippen LogP contribution in [0.1, 0.15) is 42.5 Å². The predicted molar refractivity (Wildman–Crippen MR) is 76.6 cm³/mol. The van der Waals surface area contributed by atoms with Crippen molar-refractivity contribution in [1.82, 2.24) is 20.6 Å². The van der Waals surface area contributed by atoms with Crippen molar-refractivity contribution in [3.63, 3.8) is 0 Å². The van der Waals surface area contributed by atoms with E-state index in [4.69, 9.17) is 0 Å². The molecule has 0 atom stereocenters. The van der Waals surface area contributed by atoms with Crippen molar-refractivity contribution in [3.05, 3.63) is 47.5 Å². The van der Waals surface area contributed by atoms with E-state index >= 15 is 0 Å². The van der Waals surface area contributed by atoms with Crippen LogP contribution in [0.5, 0.6) is 0 Å². The van der Waals surface area contributed by atoms with Crippen LogP contribution in [0.3, 0.4) is 0 Å². The molecule has 1 amide bonds. The molecule has 0 aliphatic carbocycles. The van der Waals surface area contributed by atoms with Gasteiger partial charge in [-0.3, -0.25) is 14.9 Å². The van der Waals surface area contributed by atoms with Crippen LogP contribution in [0.4, 0.5) is 0 Å². The minimum atomic E-state index is -0.350. The van der Waals surface area contributed by atoms with E-state index in [1.807, 2.05) is 26.8 Å². The molecular formula is C14H17N5O. The molecule has 0 fully saturated rings. The Labute approximate surface area is 117 Å². The minimum absolute atomic E-state index is 0.0789. The van der Waals surface area contributed by atoms with E-state index < -0.39 is 0 Å². The summed E-state index contributed by atoms with van der Waals surface area (Å²) in [5.74, 6) is -0.350. The number of nitrogens with zero attached hydrogens (tertiary/aromatic N) is 3. The van der Waals surface area contributed by atoms with Crippen LogP contribution in [0.2, 0.25) is 0 Å². The summed E-state index contributed by atoms with van der Waals surface area (Å²) in [5.41, 5.74) is 4.38. The number of aromatic amines is 1. The highest BCUT2D eigenvalue weighted by molar-refractivity contribution is 5.93. The highest BCUT2D eigenvalue weighted by atomic mass is 16.2. The molecule has 0 aliphatic rings. The summed E-state index contributed by atoms with van der Waals surface area (Å²) < 4.78 is 0. The number of H-pyrrole nitrogens is 1. The van der Waals surface area contributed by atoms with E-state index in [-0.39, 0.29) is 11.3 Å². The molecule has 2 N–H and O–H groups in total. The molecule has 0 unspecified atom stereocenters. The standard InChI is InChI=1S/C14H17N5O/c1-14(2,3)12-7-11(17-18-12)13(20)19-16-9-10-5-4-6-15-8-10/h4-9H,1-3H3,(H,17,18)(H,19,20)/b16-9+. The molecule has 2 heterocycles. The Bertz CT molecular complexity index is 610. The average Bonchev–Trinajstić information content (AvgIpc) is 2.89. The van der Waals surface area contributed by atoms with Crippen molar-refractivity contribution in [2.75, 3.05) is 0 Å². The third-order valence-corrected chi connectivity index (χ3v) is 2.68. The molecule has 2 rings (SSSR count). The quantitative estimate of drug-likeness (QED) is 0.660. The van der Waals surface area contributed by atoms with Crippen molar-refractivity contribution >= 4 is 12.1 Å². The number of rotatable bonds is 3. The highest BCUT2D eigenvalue weighted by Crippen LogP contribution is 2.20. The molecule has 0 aromatic carbocycles. The van der Waals surface area contributed by atoms with Crippen LogP contribution >= 0.6 is 0 Å². The van der Waals surface area contributed by atoms with E-state index in [1.165, 1.54) is 6.21 Å². The number of hydrogen-bond donors (Lipinski definition) is 2. The number of amides is 1. The van der Waals surface area contributed by atoms with Gasteiger partial charge in [-0.1, -0.05) is 26.8 Å². The minimum Gasteiger partial charge on any atom is -0.281 e. The van der Waals surface area contributed by atoms with Gasteiger partial charge in [0.2, 0.25) is 0 Å². The fraction of sp³-hybridized carbons (Fsp3) is 0.286. The zero-order valence-electron chi connectivity index (χ0n) is 11.7. The highest BCUT2D eigenvalue weighted by Gasteiger charge is 2.18. The number of aromatic nitrogens is 3. The monoisotopic (exact) mass is 271 g/mol. The molecule has 104 valence electrons. The van der Waals surface area contributed by atoms with E-state index in [0.29, 0.717) is 5.69 Å². The van der Waals surface area contributed by atoms with Gasteiger partial charge in [0.05, 0.1) is 6.21 Å². The molecular weight excluding hydrogens is 254 g/mol. The molecule has 0 saturated heterocycles. The van der Waals surface area contributed by atoms with Gasteiger partial charge in [-0.05, 0) is 12.1 Å². The zero-order valence-corrected chi connectivity index (χ0v) is 11.7. The lowest BCUT2D eigenvalue weighted by Gasteiger charge is -2.14. The SMILES string of the molecule is CC(C)(C)c1cc(C(=O)N/N=C/c2cccnc2)n[nH]1. The molecule has 6 heteroatoms. The Hall–Kier alpha value is -2.50. The average molecular weight is 271 g/mol. The summed E-state index contributed by atoms with van der Waals surface area (Å²) >= 11 is 0. The lowest BCUT2D eigenvalue weighted by atomic mass is 9.92. The predicted octanol–water partition coefficient (Wildman–Crippen LogP) is 1.87. The molecule has 0 spiro atoms. The third kappa shape index (κ3) is 3.50. The van der Waals surface area contributed by atoms with Gasteiger partial charge >= 0.3 is 0 Å². The summed E-state index contributed by atoms with van der Waals surface area (Å²) in [5, 5.41) is 10.7. The van der Waals surface area contributed by atoms with Gasteiger partial charge < -0.3 is 0 Å². The van der Waals surface area contributed by atoms with Crippen molar-refractivity contribution in [2.24, 2.45) is 5.10 Å². The summed E-state index contributed by atoms with van der Waals surface area (Å²) in [4.78, 5) is 15.8. The molecule has 2 aromatic rings. The fourth-order valence-electron chi connectivity index (χ4n) is 1.50. The van der Waals surface area contributed by atoms with E-state index in [2.05, 4.69) is 25.7 Å². The maximum atomic E-state index is 11.9. The van der Waals surface area contributed by atoms with Crippen LogP contribution < -0.4 is 5.43 Å². The first kappa shape index (κ1) is 13.9. The third-order valence-electron chi connectivity index (χ3n) is 2.68. The lowest BCUT2D eigenvalue weighted by Crippen LogP contribution is -2.18. The van der Waals surface area contributed by atoms with Crippen LogP contribution in [0.15, 0.2) is 35.7 Å². The second kappa shape index (κ2) is 5.64. The van der Waals surface area contributed by atoms with E-state index in [9.17, 15) is 4.79 Å². The van der Waals surface area contributed by atoms with Crippen molar-refractivity contribution in [3.8, 4) is 0 Å². The lowest BCUT2D eigenvalue weighted by molar-refractivity contribution is 0.0950. The van der Waals surface area contributed by atoms with Crippen LogP contribution in [0, 0.1) is 0 Å². The number of carbonyl (C=O) groups excluding carboxylic acids is 1. The second-order valence-corrected chi connectivity index (χ2v) is 5.40. The van der Waals surface area contributed by atoms with Gasteiger partial charge in [0.1, 0.15) is 0 Å². The molecule has 0 radical (unpaired) electrons. The van der Waals surface area contributed by atoms with E-state index in [1.54, 1.807) is 24.5 Å². The smallest absolute Gasteiger partial charge is 0.281 e. The van der Waals surface area contributed by atoms with E-state index in [0.717, 1.165) is 11.3 Å². The van der Waals surface area contributed by atoms with Crippen LogP contribution in [0.25, 0.3) is 0 Å². The first-order chi connectivity index (χ1) is 9.47. The van der Waals surface area contributed by atoms with Crippen molar-refractivity contribution < 1.29 is 4.79 Å². The molecule has 6 nitrogen and oxygen atoms in total. The molecule has 20 heavy (non-hydrogen) atoms. The summed E-state index contributed by atoms with van der Waals surface area (Å²) in [6, 6.07) is 5.37. The number of hydrogen-bond acceptors (Lipinski definition) is 4. The molecule has 2 aromatic heterocycles. The van der Waals surface area contributed by atoms with Gasteiger partial charge in [-0.15, -0.1) is 0 Å². The number of carbonyl (C=O) groups is 1. The largest absolute Gasteiger partial charge is 0.291 e. The topological polar surface area (TPSA) is 83.0 Å². The number of hydrazone groups is 1. The summed E-state index contributed by atoms with van der Waals surface area (Å²) in [7, 11) is 0. The first-order valence-electron chi connectivity index (χ1n) is 6.26. The van der Waals surface area contributed by atoms with Gasteiger partial charge in [0.15, 0.2) is 5.69 Å². The number of pyridine rings is 1. The molecule has 0 saturated carbocycles. The fourth-order valence-corrected chi connectivity index (χ4v) is 1.50. The Kier molecular flexibility index (Phi) is 3.93. The normalized spacial score (nSPS) is 11.8. The van der Waals surface area contributed by atoms with Crippen LogP contribution in [-0.4, -0.2) is 27.3 Å². The Morgan fingerprint density at radius 2 is 2.25 bits per heavy atom. The van der Waals surface area contributed by atoms with Gasteiger partial charge in [-0.25, -0.2) is 5.43 Å². The van der Waals surface area contributed by atoms with Crippen molar-refractivity contribution in [2.45, 2.75) is 26.2 Å². The maximum Gasteiger partial charge on any atom is 0.291 e. The first-order valence-corrected chi connectivity index (χ1v) is 6.26. The molecule has 0 aliphatic heterocycles. The summed E-state index contributed by atoms with van der Waals surface area (Å²) in [6.07, 6.45) is 4.86. The zero-order chi connectivity index (χ0) is 14.6. The van der Waals surface area contributed by atoms with Gasteiger partial charge in [-0.2, -0.15) is 10.2 Å². The Morgan fingerprint density at radius 3 is 2.85 bits per heavy atom. The maximum absolute atomic E-state index is 11.9.